The van der Waals surface area contributed by atoms with Crippen LogP contribution in [0.4, 0.5) is 5.69 Å². The molecule has 0 saturated carbocycles. The van der Waals surface area contributed by atoms with Gasteiger partial charge in [0, 0.05) is 31.9 Å². The minimum Gasteiger partial charge on any atom is -0.368 e. The van der Waals surface area contributed by atoms with Crippen molar-refractivity contribution in [3.8, 4) is 5.69 Å². The fourth-order valence-corrected chi connectivity index (χ4v) is 4.48. The number of tetrazole rings is 1. The van der Waals surface area contributed by atoms with Gasteiger partial charge < -0.3 is 9.80 Å². The average molecular weight is 437 g/mol. The van der Waals surface area contributed by atoms with E-state index in [0.29, 0.717) is 16.8 Å². The predicted octanol–water partition coefficient (Wildman–Crippen LogP) is 3.54. The van der Waals surface area contributed by atoms with E-state index in [1.807, 2.05) is 17.0 Å². The lowest BCUT2D eigenvalue weighted by Gasteiger charge is -2.36. The molecule has 8 heteroatoms. The van der Waals surface area contributed by atoms with Crippen molar-refractivity contribution >= 4 is 23.4 Å². The van der Waals surface area contributed by atoms with Gasteiger partial charge in [-0.2, -0.15) is 4.68 Å². The maximum Gasteiger partial charge on any atom is 0.233 e. The van der Waals surface area contributed by atoms with E-state index >= 15 is 0 Å². The molecule has 1 saturated heterocycles. The molecule has 4 rings (SSSR count). The molecule has 0 radical (unpaired) electrons. The number of carbonyl (C=O) groups is 1. The first-order valence-electron chi connectivity index (χ1n) is 10.6. The topological polar surface area (TPSA) is 67.2 Å². The second-order valence-corrected chi connectivity index (χ2v) is 9.06. The van der Waals surface area contributed by atoms with E-state index < -0.39 is 0 Å². The number of nitrogens with zero attached hydrogens (tertiary/aromatic N) is 6. The van der Waals surface area contributed by atoms with Gasteiger partial charge in [0.15, 0.2) is 0 Å². The summed E-state index contributed by atoms with van der Waals surface area (Å²) in [5.41, 5.74) is 4.65. The van der Waals surface area contributed by atoms with Gasteiger partial charge >= 0.3 is 0 Å². The van der Waals surface area contributed by atoms with E-state index in [1.54, 1.807) is 4.68 Å². The first kappa shape index (κ1) is 21.4. The highest BCUT2D eigenvalue weighted by Crippen LogP contribution is 2.22. The molecule has 0 N–H and O–H groups in total. The first-order valence-corrected chi connectivity index (χ1v) is 11.6. The van der Waals surface area contributed by atoms with Crippen LogP contribution >= 0.6 is 11.8 Å². The summed E-state index contributed by atoms with van der Waals surface area (Å²) in [6.45, 7) is 9.59. The molecule has 1 aliphatic rings. The van der Waals surface area contributed by atoms with Crippen LogP contribution in [0.3, 0.4) is 0 Å². The lowest BCUT2D eigenvalue weighted by Crippen LogP contribution is -2.49. The number of piperazine rings is 1. The third kappa shape index (κ3) is 5.07. The lowest BCUT2D eigenvalue weighted by molar-refractivity contribution is -0.128. The Balaban J connectivity index is 1.32. The van der Waals surface area contributed by atoms with E-state index in [9.17, 15) is 4.79 Å². The molecule has 0 unspecified atom stereocenters. The normalized spacial score (nSPS) is 14.3. The number of rotatable bonds is 6. The number of aromatic nitrogens is 4. The second-order valence-electron chi connectivity index (χ2n) is 8.12. The quantitative estimate of drug-likeness (QED) is 0.551. The zero-order valence-electron chi connectivity index (χ0n) is 18.2. The number of hydrogen-bond donors (Lipinski definition) is 0. The maximum absolute atomic E-state index is 12.8. The van der Waals surface area contributed by atoms with Gasteiger partial charge in [0.1, 0.15) is 0 Å². The average Bonchev–Trinajstić information content (AvgIpc) is 3.26. The van der Waals surface area contributed by atoms with E-state index in [2.05, 4.69) is 77.6 Å². The van der Waals surface area contributed by atoms with Crippen LogP contribution in [-0.2, 0) is 4.79 Å². The van der Waals surface area contributed by atoms with Crippen LogP contribution in [0.2, 0.25) is 0 Å². The number of thioether (sulfide) groups is 1. The smallest absolute Gasteiger partial charge is 0.233 e. The van der Waals surface area contributed by atoms with Crippen LogP contribution in [0, 0.1) is 6.92 Å². The molecule has 1 aromatic heterocycles. The number of aryl methyl sites for hydroxylation is 1. The molecule has 1 fully saturated rings. The van der Waals surface area contributed by atoms with Gasteiger partial charge in [-0.05, 0) is 58.7 Å². The standard InChI is InChI=1S/C23H28N6OS/c1-17(2)19-7-9-20(10-8-19)29-23(24-25-26-29)31-16-22(30)28-13-11-27(12-14-28)21-6-4-5-18(3)15-21/h4-10,15,17H,11-14,16H2,1-3H3. The van der Waals surface area contributed by atoms with E-state index in [1.165, 1.54) is 28.6 Å². The molecule has 0 bridgehead atoms. The van der Waals surface area contributed by atoms with E-state index in [4.69, 9.17) is 0 Å². The summed E-state index contributed by atoms with van der Waals surface area (Å²) >= 11 is 1.38. The van der Waals surface area contributed by atoms with Crippen molar-refractivity contribution in [1.29, 1.82) is 0 Å². The summed E-state index contributed by atoms with van der Waals surface area (Å²) in [5, 5.41) is 12.7. The molecule has 162 valence electrons. The maximum atomic E-state index is 12.8. The van der Waals surface area contributed by atoms with Crippen molar-refractivity contribution in [2.45, 2.75) is 31.8 Å². The van der Waals surface area contributed by atoms with E-state index in [-0.39, 0.29) is 5.91 Å². The van der Waals surface area contributed by atoms with Gasteiger partial charge in [-0.1, -0.05) is 49.9 Å². The van der Waals surface area contributed by atoms with Crippen LogP contribution in [0.5, 0.6) is 0 Å². The van der Waals surface area contributed by atoms with Crippen molar-refractivity contribution < 1.29 is 4.79 Å². The Morgan fingerprint density at radius 1 is 1.03 bits per heavy atom. The third-order valence-electron chi connectivity index (χ3n) is 5.57. The van der Waals surface area contributed by atoms with E-state index in [0.717, 1.165) is 31.9 Å². The summed E-state index contributed by atoms with van der Waals surface area (Å²) in [7, 11) is 0. The lowest BCUT2D eigenvalue weighted by atomic mass is 10.0. The molecule has 0 spiro atoms. The van der Waals surface area contributed by atoms with Gasteiger partial charge in [0.05, 0.1) is 11.4 Å². The summed E-state index contributed by atoms with van der Waals surface area (Å²) < 4.78 is 1.69. The summed E-state index contributed by atoms with van der Waals surface area (Å²) in [5.74, 6) is 0.925. The molecule has 2 heterocycles. The van der Waals surface area contributed by atoms with Gasteiger partial charge in [-0.3, -0.25) is 4.79 Å². The van der Waals surface area contributed by atoms with Crippen molar-refractivity contribution in [3.05, 3.63) is 59.7 Å². The minimum absolute atomic E-state index is 0.124. The number of carbonyl (C=O) groups excluding carboxylic acids is 1. The van der Waals surface area contributed by atoms with Gasteiger partial charge in [-0.25, -0.2) is 0 Å². The third-order valence-corrected chi connectivity index (χ3v) is 6.47. The van der Waals surface area contributed by atoms with Crippen molar-refractivity contribution in [3.63, 3.8) is 0 Å². The molecule has 1 amide bonds. The first-order chi connectivity index (χ1) is 15.0. The SMILES string of the molecule is Cc1cccc(N2CCN(C(=O)CSc3nnnn3-c3ccc(C(C)C)cc3)CC2)c1. The molecule has 0 atom stereocenters. The zero-order valence-corrected chi connectivity index (χ0v) is 19.0. The minimum atomic E-state index is 0.124. The molecular formula is C23H28N6OS. The summed E-state index contributed by atoms with van der Waals surface area (Å²) in [6, 6.07) is 16.7. The largest absolute Gasteiger partial charge is 0.368 e. The van der Waals surface area contributed by atoms with Crippen molar-refractivity contribution in [2.75, 3.05) is 36.8 Å². The fraction of sp³-hybridized carbons (Fsp3) is 0.391. The number of hydrogen-bond acceptors (Lipinski definition) is 6. The summed E-state index contributed by atoms with van der Waals surface area (Å²) in [6.07, 6.45) is 0. The zero-order chi connectivity index (χ0) is 21.8. The molecule has 3 aromatic rings. The Morgan fingerprint density at radius 3 is 2.45 bits per heavy atom. The van der Waals surface area contributed by atoms with Crippen molar-refractivity contribution in [1.82, 2.24) is 25.1 Å². The molecular weight excluding hydrogens is 408 g/mol. The molecule has 1 aliphatic heterocycles. The molecule has 2 aromatic carbocycles. The Morgan fingerprint density at radius 2 is 1.77 bits per heavy atom. The van der Waals surface area contributed by atoms with Gasteiger partial charge in [-0.15, -0.1) is 5.10 Å². The van der Waals surface area contributed by atoms with Crippen LogP contribution in [0.25, 0.3) is 5.69 Å². The van der Waals surface area contributed by atoms with Crippen LogP contribution in [0.1, 0.15) is 30.9 Å². The number of benzene rings is 2. The highest BCUT2D eigenvalue weighted by atomic mass is 32.2. The second kappa shape index (κ2) is 9.51. The highest BCUT2D eigenvalue weighted by molar-refractivity contribution is 7.99. The fourth-order valence-electron chi connectivity index (χ4n) is 3.69. The Labute approximate surface area is 187 Å². The summed E-state index contributed by atoms with van der Waals surface area (Å²) in [4.78, 5) is 17.0. The highest BCUT2D eigenvalue weighted by Gasteiger charge is 2.22. The monoisotopic (exact) mass is 436 g/mol. The Bertz CT molecular complexity index is 1020. The predicted molar refractivity (Wildman–Crippen MR) is 124 cm³/mol. The van der Waals surface area contributed by atoms with Crippen LogP contribution < -0.4 is 4.90 Å². The van der Waals surface area contributed by atoms with Crippen molar-refractivity contribution in [2.24, 2.45) is 0 Å². The van der Waals surface area contributed by atoms with Gasteiger partial charge in [0.2, 0.25) is 11.1 Å². The van der Waals surface area contributed by atoms with Crippen LogP contribution in [0.15, 0.2) is 53.7 Å². The number of amides is 1. The van der Waals surface area contributed by atoms with Crippen LogP contribution in [-0.4, -0.2) is 62.9 Å². The molecule has 7 nitrogen and oxygen atoms in total. The Kier molecular flexibility index (Phi) is 6.56. The molecule has 0 aliphatic carbocycles. The molecule has 31 heavy (non-hydrogen) atoms. The Hall–Kier alpha value is -2.87. The number of anilines is 1. The van der Waals surface area contributed by atoms with Gasteiger partial charge in [0.25, 0.3) is 0 Å².